The summed E-state index contributed by atoms with van der Waals surface area (Å²) in [5.74, 6) is 0.292. The second kappa shape index (κ2) is 2.92. The predicted molar refractivity (Wildman–Crippen MR) is 45.6 cm³/mol. The second-order valence-corrected chi connectivity index (χ2v) is 3.85. The van der Waals surface area contributed by atoms with E-state index in [1.807, 2.05) is 0 Å². The maximum atomic E-state index is 10.5. The average Bonchev–Trinajstić information content (AvgIpc) is 2.55. The molecule has 0 atom stereocenters. The molecule has 2 aliphatic rings. The predicted octanol–water partition coefficient (Wildman–Crippen LogP) is 2.05. The van der Waals surface area contributed by atoms with Crippen LogP contribution in [0.15, 0.2) is 12.3 Å². The molecule has 0 bridgehead atoms. The summed E-state index contributed by atoms with van der Waals surface area (Å²) in [6.07, 6.45) is 10.1. The first-order valence-corrected chi connectivity index (χ1v) is 4.63. The zero-order valence-corrected chi connectivity index (χ0v) is 7.16. The maximum Gasteiger partial charge on any atom is 0.123 e. The van der Waals surface area contributed by atoms with Crippen LogP contribution >= 0.6 is 0 Å². The van der Waals surface area contributed by atoms with E-state index in [2.05, 4.69) is 6.08 Å². The number of hydrogen-bond donors (Lipinski definition) is 0. The molecule has 0 aromatic rings. The van der Waals surface area contributed by atoms with E-state index < -0.39 is 0 Å². The summed E-state index contributed by atoms with van der Waals surface area (Å²) < 4.78 is 5.58. The third-order valence-corrected chi connectivity index (χ3v) is 3.04. The quantitative estimate of drug-likeness (QED) is 0.557. The van der Waals surface area contributed by atoms with E-state index in [-0.39, 0.29) is 5.60 Å². The number of carbonyl (C=O) groups is 1. The highest BCUT2D eigenvalue weighted by atomic mass is 16.5. The number of aldehydes is 1. The summed E-state index contributed by atoms with van der Waals surface area (Å²) in [6.45, 7) is 0. The molecule has 66 valence electrons. The lowest BCUT2D eigenvalue weighted by atomic mass is 9.78. The molecule has 0 aromatic carbocycles. The smallest absolute Gasteiger partial charge is 0.123 e. The van der Waals surface area contributed by atoms with Gasteiger partial charge in [-0.05, 0) is 31.8 Å². The van der Waals surface area contributed by atoms with Crippen LogP contribution in [0.3, 0.4) is 0 Å². The van der Waals surface area contributed by atoms with Gasteiger partial charge in [0.15, 0.2) is 0 Å². The van der Waals surface area contributed by atoms with Gasteiger partial charge >= 0.3 is 0 Å². The van der Waals surface area contributed by atoms with E-state index in [0.29, 0.717) is 5.92 Å². The van der Waals surface area contributed by atoms with Crippen LogP contribution in [0.4, 0.5) is 0 Å². The first kappa shape index (κ1) is 7.84. The van der Waals surface area contributed by atoms with Gasteiger partial charge in [0.2, 0.25) is 0 Å². The van der Waals surface area contributed by atoms with Gasteiger partial charge in [0.25, 0.3) is 0 Å². The van der Waals surface area contributed by atoms with Gasteiger partial charge in [0.05, 0.1) is 6.26 Å². The van der Waals surface area contributed by atoms with Crippen LogP contribution in [0.1, 0.15) is 32.1 Å². The SMILES string of the molecule is O=CC1CCC2(CC=CO2)CC1. The molecule has 0 amide bonds. The Bertz CT molecular complexity index is 190. The molecule has 1 fully saturated rings. The number of rotatable bonds is 1. The Labute approximate surface area is 72.6 Å². The van der Waals surface area contributed by atoms with Crippen molar-refractivity contribution < 1.29 is 9.53 Å². The van der Waals surface area contributed by atoms with Crippen molar-refractivity contribution in [1.29, 1.82) is 0 Å². The van der Waals surface area contributed by atoms with E-state index in [9.17, 15) is 4.79 Å². The molecular weight excluding hydrogens is 152 g/mol. The van der Waals surface area contributed by atoms with Crippen LogP contribution in [0.25, 0.3) is 0 Å². The molecule has 12 heavy (non-hydrogen) atoms. The van der Waals surface area contributed by atoms with Gasteiger partial charge < -0.3 is 9.53 Å². The Morgan fingerprint density at radius 3 is 2.67 bits per heavy atom. The largest absolute Gasteiger partial charge is 0.495 e. The van der Waals surface area contributed by atoms with Gasteiger partial charge in [0, 0.05) is 12.3 Å². The highest BCUT2D eigenvalue weighted by Gasteiger charge is 2.37. The summed E-state index contributed by atoms with van der Waals surface area (Å²) in [7, 11) is 0. The van der Waals surface area contributed by atoms with Gasteiger partial charge in [-0.3, -0.25) is 0 Å². The lowest BCUT2D eigenvalue weighted by Crippen LogP contribution is -2.33. The van der Waals surface area contributed by atoms with Gasteiger partial charge in [0.1, 0.15) is 11.9 Å². The fraction of sp³-hybridized carbons (Fsp3) is 0.700. The van der Waals surface area contributed by atoms with E-state index in [4.69, 9.17) is 4.74 Å². The van der Waals surface area contributed by atoms with Crippen molar-refractivity contribution in [2.24, 2.45) is 5.92 Å². The molecule has 0 radical (unpaired) electrons. The van der Waals surface area contributed by atoms with Crippen LogP contribution in [0, 0.1) is 5.92 Å². The van der Waals surface area contributed by atoms with Crippen LogP contribution < -0.4 is 0 Å². The molecule has 1 spiro atoms. The first-order chi connectivity index (χ1) is 5.85. The minimum atomic E-state index is 0.0828. The molecule has 1 aliphatic carbocycles. The Morgan fingerprint density at radius 2 is 2.17 bits per heavy atom. The van der Waals surface area contributed by atoms with Crippen molar-refractivity contribution in [1.82, 2.24) is 0 Å². The van der Waals surface area contributed by atoms with Gasteiger partial charge in [-0.15, -0.1) is 0 Å². The molecule has 1 saturated carbocycles. The molecule has 1 aliphatic heterocycles. The minimum absolute atomic E-state index is 0.0828. The molecular formula is C10H14O2. The summed E-state index contributed by atoms with van der Waals surface area (Å²) in [5, 5.41) is 0. The molecule has 0 saturated heterocycles. The Kier molecular flexibility index (Phi) is 1.91. The molecule has 1 heterocycles. The van der Waals surface area contributed by atoms with E-state index in [1.54, 1.807) is 6.26 Å². The second-order valence-electron chi connectivity index (χ2n) is 3.85. The fourth-order valence-electron chi connectivity index (χ4n) is 2.13. The van der Waals surface area contributed by atoms with Crippen molar-refractivity contribution in [2.45, 2.75) is 37.7 Å². The minimum Gasteiger partial charge on any atom is -0.495 e. The fourth-order valence-corrected chi connectivity index (χ4v) is 2.13. The maximum absolute atomic E-state index is 10.5. The topological polar surface area (TPSA) is 26.3 Å². The lowest BCUT2D eigenvalue weighted by molar-refractivity contribution is -0.113. The van der Waals surface area contributed by atoms with E-state index >= 15 is 0 Å². The average molecular weight is 166 g/mol. The highest BCUT2D eigenvalue weighted by molar-refractivity contribution is 5.53. The number of hydrogen-bond acceptors (Lipinski definition) is 2. The lowest BCUT2D eigenvalue weighted by Gasteiger charge is -2.34. The molecule has 2 heteroatoms. The Balaban J connectivity index is 1.93. The van der Waals surface area contributed by atoms with E-state index in [0.717, 1.165) is 38.4 Å². The molecule has 0 unspecified atom stereocenters. The summed E-state index contributed by atoms with van der Waals surface area (Å²) >= 11 is 0. The van der Waals surface area contributed by atoms with Gasteiger partial charge in [-0.1, -0.05) is 0 Å². The van der Waals surface area contributed by atoms with Crippen LogP contribution in [0.2, 0.25) is 0 Å². The van der Waals surface area contributed by atoms with Crippen molar-refractivity contribution in [3.8, 4) is 0 Å². The van der Waals surface area contributed by atoms with Crippen molar-refractivity contribution in [2.75, 3.05) is 0 Å². The first-order valence-electron chi connectivity index (χ1n) is 4.63. The monoisotopic (exact) mass is 166 g/mol. The van der Waals surface area contributed by atoms with Crippen LogP contribution in [-0.2, 0) is 9.53 Å². The summed E-state index contributed by atoms with van der Waals surface area (Å²) in [5.41, 5.74) is 0.0828. The molecule has 0 N–H and O–H groups in total. The molecule has 2 nitrogen and oxygen atoms in total. The third kappa shape index (κ3) is 1.26. The van der Waals surface area contributed by atoms with Crippen molar-refractivity contribution in [3.05, 3.63) is 12.3 Å². The summed E-state index contributed by atoms with van der Waals surface area (Å²) in [4.78, 5) is 10.5. The molecule has 0 aromatic heterocycles. The van der Waals surface area contributed by atoms with E-state index in [1.165, 1.54) is 0 Å². The third-order valence-electron chi connectivity index (χ3n) is 3.04. The number of carbonyl (C=O) groups excluding carboxylic acids is 1. The Morgan fingerprint density at radius 1 is 1.42 bits per heavy atom. The van der Waals surface area contributed by atoms with Crippen molar-refractivity contribution in [3.63, 3.8) is 0 Å². The Hall–Kier alpha value is -0.790. The molecule has 2 rings (SSSR count). The zero-order valence-electron chi connectivity index (χ0n) is 7.16. The normalized spacial score (nSPS) is 39.8. The van der Waals surface area contributed by atoms with Gasteiger partial charge in [-0.25, -0.2) is 0 Å². The summed E-state index contributed by atoms with van der Waals surface area (Å²) in [6, 6.07) is 0. The van der Waals surface area contributed by atoms with Crippen LogP contribution in [-0.4, -0.2) is 11.9 Å². The highest BCUT2D eigenvalue weighted by Crippen LogP contribution is 2.39. The zero-order chi connectivity index (χ0) is 8.44. The van der Waals surface area contributed by atoms with Gasteiger partial charge in [-0.2, -0.15) is 0 Å². The standard InChI is InChI=1S/C10H14O2/c11-8-9-2-5-10(6-3-9)4-1-7-12-10/h1,7-9H,2-6H2. The van der Waals surface area contributed by atoms with Crippen LogP contribution in [0.5, 0.6) is 0 Å². The van der Waals surface area contributed by atoms with Crippen molar-refractivity contribution >= 4 is 6.29 Å². The number of ether oxygens (including phenoxy) is 1.